The van der Waals surface area contributed by atoms with Crippen molar-refractivity contribution in [3.63, 3.8) is 0 Å². The van der Waals surface area contributed by atoms with Crippen molar-refractivity contribution in [2.75, 3.05) is 18.6 Å². The van der Waals surface area contributed by atoms with Crippen LogP contribution in [0.1, 0.15) is 0 Å². The number of hydrogen-bond donors (Lipinski definition) is 2. The molecule has 100 valence electrons. The van der Waals surface area contributed by atoms with Gasteiger partial charge in [-0.25, -0.2) is 4.98 Å². The van der Waals surface area contributed by atoms with E-state index in [1.165, 1.54) is 23.1 Å². The van der Waals surface area contributed by atoms with E-state index < -0.39 is 0 Å². The van der Waals surface area contributed by atoms with E-state index in [1.54, 1.807) is 7.11 Å². The Labute approximate surface area is 119 Å². The fourth-order valence-corrected chi connectivity index (χ4v) is 3.17. The Morgan fingerprint density at radius 1 is 1.53 bits per heavy atom. The molecule has 1 heterocycles. The van der Waals surface area contributed by atoms with Crippen molar-refractivity contribution in [3.05, 3.63) is 24.3 Å². The fourth-order valence-electron chi connectivity index (χ4n) is 1.48. The zero-order valence-electron chi connectivity index (χ0n) is 10.3. The van der Waals surface area contributed by atoms with Crippen molar-refractivity contribution in [1.29, 1.82) is 0 Å². The molecule has 0 unspecified atom stereocenters. The number of aromatic nitrogens is 1. The van der Waals surface area contributed by atoms with Crippen LogP contribution in [0.5, 0.6) is 5.75 Å². The quantitative estimate of drug-likeness (QED) is 0.823. The maximum Gasteiger partial charge on any atom is 0.227 e. The molecule has 0 atom stereocenters. The third-order valence-corrected chi connectivity index (χ3v) is 4.36. The van der Waals surface area contributed by atoms with E-state index in [4.69, 9.17) is 16.2 Å². The van der Waals surface area contributed by atoms with E-state index in [0.717, 1.165) is 15.7 Å². The van der Waals surface area contributed by atoms with Gasteiger partial charge in [-0.3, -0.25) is 4.79 Å². The Morgan fingerprint density at radius 3 is 3.00 bits per heavy atom. The maximum absolute atomic E-state index is 10.7. The van der Waals surface area contributed by atoms with Crippen LogP contribution in [0, 0.1) is 0 Å². The van der Waals surface area contributed by atoms with Crippen molar-refractivity contribution < 1.29 is 9.53 Å². The van der Waals surface area contributed by atoms with Gasteiger partial charge < -0.3 is 16.2 Å². The van der Waals surface area contributed by atoms with Gasteiger partial charge in [-0.15, -0.1) is 0 Å². The number of thiazole rings is 1. The van der Waals surface area contributed by atoms with Gasteiger partial charge in [-0.1, -0.05) is 35.2 Å². The highest BCUT2D eigenvalue weighted by Crippen LogP contribution is 2.36. The Morgan fingerprint density at radius 2 is 2.32 bits per heavy atom. The Hall–Kier alpha value is -1.73. The minimum absolute atomic E-state index is 0.199. The predicted octanol–water partition coefficient (Wildman–Crippen LogP) is 1.98. The summed E-state index contributed by atoms with van der Waals surface area (Å²) in [6.45, 7) is 0. The highest BCUT2D eigenvalue weighted by molar-refractivity contribution is 8.01. The number of hydrogen-bond acceptors (Lipinski definition) is 6. The van der Waals surface area contributed by atoms with Crippen LogP contribution in [0.3, 0.4) is 0 Å². The lowest BCUT2D eigenvalue weighted by atomic mass is 10.1. The van der Waals surface area contributed by atoms with Crippen LogP contribution in [-0.4, -0.2) is 23.8 Å². The second kappa shape index (κ2) is 5.94. The molecule has 1 amide bonds. The molecule has 0 saturated carbocycles. The molecule has 1 aromatic heterocycles. The number of amides is 1. The van der Waals surface area contributed by atoms with E-state index in [1.807, 2.05) is 24.3 Å². The van der Waals surface area contributed by atoms with Gasteiger partial charge in [0.1, 0.15) is 16.4 Å². The summed E-state index contributed by atoms with van der Waals surface area (Å²) in [5.41, 5.74) is 12.7. The predicted molar refractivity (Wildman–Crippen MR) is 78.4 cm³/mol. The smallest absolute Gasteiger partial charge is 0.227 e. The van der Waals surface area contributed by atoms with Crippen molar-refractivity contribution in [1.82, 2.24) is 4.98 Å². The van der Waals surface area contributed by atoms with Crippen LogP contribution in [0.25, 0.3) is 11.3 Å². The molecule has 1 aromatic carbocycles. The molecule has 7 heteroatoms. The van der Waals surface area contributed by atoms with Gasteiger partial charge in [0.15, 0.2) is 4.34 Å². The summed E-state index contributed by atoms with van der Waals surface area (Å²) in [6.07, 6.45) is 0. The number of methoxy groups -OCH3 is 1. The number of nitrogen functional groups attached to an aromatic ring is 1. The molecule has 0 bridgehead atoms. The van der Waals surface area contributed by atoms with Crippen LogP contribution < -0.4 is 16.2 Å². The number of primary amides is 1. The molecular formula is C12H13N3O2S2. The second-order valence-electron chi connectivity index (χ2n) is 3.68. The number of carbonyl (C=O) groups excluding carboxylic acids is 1. The molecule has 2 rings (SSSR count). The Bertz CT molecular complexity index is 598. The number of ether oxygens (including phenoxy) is 1. The van der Waals surface area contributed by atoms with Crippen molar-refractivity contribution >= 4 is 34.0 Å². The molecule has 0 spiro atoms. The molecule has 0 aliphatic carbocycles. The summed E-state index contributed by atoms with van der Waals surface area (Å²) in [5, 5.41) is 0.611. The first kappa shape index (κ1) is 13.7. The van der Waals surface area contributed by atoms with Crippen LogP contribution in [-0.2, 0) is 4.79 Å². The first-order valence-electron chi connectivity index (χ1n) is 5.42. The lowest BCUT2D eigenvalue weighted by molar-refractivity contribution is -0.115. The van der Waals surface area contributed by atoms with Crippen LogP contribution in [0.2, 0.25) is 0 Å². The van der Waals surface area contributed by atoms with E-state index in [-0.39, 0.29) is 11.7 Å². The number of nitrogens with two attached hydrogens (primary N) is 2. The summed E-state index contributed by atoms with van der Waals surface area (Å²) in [5.74, 6) is 0.572. The number of thioether (sulfide) groups is 1. The van der Waals surface area contributed by atoms with Crippen LogP contribution >= 0.6 is 23.1 Å². The minimum atomic E-state index is -0.373. The molecule has 2 aromatic rings. The molecular weight excluding hydrogens is 282 g/mol. The topological polar surface area (TPSA) is 91.2 Å². The lowest BCUT2D eigenvalue weighted by Crippen LogP contribution is -2.12. The number of benzene rings is 1. The van der Waals surface area contributed by atoms with Crippen LogP contribution in [0.4, 0.5) is 5.00 Å². The van der Waals surface area contributed by atoms with Gasteiger partial charge in [-0.2, -0.15) is 0 Å². The van der Waals surface area contributed by atoms with E-state index >= 15 is 0 Å². The van der Waals surface area contributed by atoms with Crippen molar-refractivity contribution in [3.8, 4) is 17.0 Å². The number of carbonyl (C=O) groups is 1. The van der Waals surface area contributed by atoms with Gasteiger partial charge in [0, 0.05) is 5.56 Å². The van der Waals surface area contributed by atoms with Crippen LogP contribution in [0.15, 0.2) is 28.6 Å². The van der Waals surface area contributed by atoms with Gasteiger partial charge in [-0.05, 0) is 12.1 Å². The molecule has 19 heavy (non-hydrogen) atoms. The average Bonchev–Trinajstić information content (AvgIpc) is 2.78. The zero-order chi connectivity index (χ0) is 13.8. The average molecular weight is 295 g/mol. The van der Waals surface area contributed by atoms with Crippen molar-refractivity contribution in [2.45, 2.75) is 4.34 Å². The SMILES string of the molecule is COc1cccc(-c2nc(SCC(N)=O)sc2N)c1. The minimum Gasteiger partial charge on any atom is -0.497 e. The molecule has 0 aliphatic heterocycles. The monoisotopic (exact) mass is 295 g/mol. The summed E-state index contributed by atoms with van der Waals surface area (Å²) in [7, 11) is 1.61. The van der Waals surface area contributed by atoms with E-state index in [0.29, 0.717) is 10.7 Å². The highest BCUT2D eigenvalue weighted by atomic mass is 32.2. The summed E-state index contributed by atoms with van der Waals surface area (Å²) < 4.78 is 5.90. The largest absolute Gasteiger partial charge is 0.497 e. The molecule has 0 fully saturated rings. The fraction of sp³-hybridized carbons (Fsp3) is 0.167. The normalized spacial score (nSPS) is 10.4. The number of rotatable bonds is 5. The molecule has 0 saturated heterocycles. The second-order valence-corrected chi connectivity index (χ2v) is 5.93. The van der Waals surface area contributed by atoms with E-state index in [9.17, 15) is 4.79 Å². The molecule has 5 nitrogen and oxygen atoms in total. The van der Waals surface area contributed by atoms with Gasteiger partial charge in [0.2, 0.25) is 5.91 Å². The van der Waals surface area contributed by atoms with Gasteiger partial charge in [0.05, 0.1) is 12.9 Å². The number of nitrogens with zero attached hydrogens (tertiary/aromatic N) is 1. The molecule has 0 radical (unpaired) electrons. The third kappa shape index (κ3) is 3.39. The Balaban J connectivity index is 2.26. The molecule has 0 aliphatic rings. The van der Waals surface area contributed by atoms with E-state index in [2.05, 4.69) is 4.98 Å². The number of anilines is 1. The highest BCUT2D eigenvalue weighted by Gasteiger charge is 2.12. The summed E-state index contributed by atoms with van der Waals surface area (Å²) in [6, 6.07) is 7.52. The summed E-state index contributed by atoms with van der Waals surface area (Å²) >= 11 is 2.64. The summed E-state index contributed by atoms with van der Waals surface area (Å²) in [4.78, 5) is 15.2. The third-order valence-electron chi connectivity index (χ3n) is 2.31. The zero-order valence-corrected chi connectivity index (χ0v) is 11.9. The lowest BCUT2D eigenvalue weighted by Gasteiger charge is -2.02. The van der Waals surface area contributed by atoms with Gasteiger partial charge in [0.25, 0.3) is 0 Å². The van der Waals surface area contributed by atoms with Crippen molar-refractivity contribution in [2.24, 2.45) is 5.73 Å². The standard InChI is InChI=1S/C12H13N3O2S2/c1-17-8-4-2-3-7(5-8)10-11(14)19-12(15-10)18-6-9(13)16/h2-5H,6,14H2,1H3,(H2,13,16). The first-order valence-corrected chi connectivity index (χ1v) is 7.22. The maximum atomic E-state index is 10.7. The first-order chi connectivity index (χ1) is 9.10. The van der Waals surface area contributed by atoms with Gasteiger partial charge >= 0.3 is 0 Å². The Kier molecular flexibility index (Phi) is 4.28. The molecule has 4 N–H and O–H groups in total.